The number of rotatable bonds is 6. The molecule has 1 unspecified atom stereocenters. The van der Waals surface area contributed by atoms with E-state index in [4.69, 9.17) is 17.4 Å². The third-order valence-corrected chi connectivity index (χ3v) is 3.35. The van der Waals surface area contributed by atoms with Crippen molar-refractivity contribution in [2.75, 3.05) is 20.6 Å². The highest BCUT2D eigenvalue weighted by Gasteiger charge is 2.16. The van der Waals surface area contributed by atoms with Gasteiger partial charge in [-0.2, -0.15) is 5.10 Å². The predicted octanol–water partition coefficient (Wildman–Crippen LogP) is 0.708. The Morgan fingerprint density at radius 3 is 2.59 bits per heavy atom. The Morgan fingerprint density at radius 2 is 2.18 bits per heavy atom. The molecule has 1 atom stereocenters. The van der Waals surface area contributed by atoms with E-state index in [1.165, 1.54) is 0 Å². The molecule has 17 heavy (non-hydrogen) atoms. The van der Waals surface area contributed by atoms with E-state index in [9.17, 15) is 0 Å². The molecule has 1 aromatic rings. The molecule has 0 amide bonds. The molecule has 0 aliphatic heterocycles. The molecule has 1 heterocycles. The van der Waals surface area contributed by atoms with Gasteiger partial charge in [-0.15, -0.1) is 0 Å². The third kappa shape index (κ3) is 3.96. The SMILES string of the molecule is Cc1nn(C)c(CC(CCN(C)C)NN)c1Cl. The fourth-order valence-corrected chi connectivity index (χ4v) is 2.03. The van der Waals surface area contributed by atoms with Gasteiger partial charge in [0.25, 0.3) is 0 Å². The van der Waals surface area contributed by atoms with Crippen molar-refractivity contribution in [3.8, 4) is 0 Å². The van der Waals surface area contributed by atoms with Gasteiger partial charge in [0, 0.05) is 19.5 Å². The summed E-state index contributed by atoms with van der Waals surface area (Å²) in [7, 11) is 6.01. The van der Waals surface area contributed by atoms with Gasteiger partial charge in [0.05, 0.1) is 16.4 Å². The summed E-state index contributed by atoms with van der Waals surface area (Å²) in [5, 5.41) is 5.05. The fourth-order valence-electron chi connectivity index (χ4n) is 1.79. The third-order valence-electron chi connectivity index (χ3n) is 2.86. The summed E-state index contributed by atoms with van der Waals surface area (Å²) >= 11 is 6.22. The van der Waals surface area contributed by atoms with Crippen LogP contribution in [0.4, 0.5) is 0 Å². The Morgan fingerprint density at radius 1 is 1.53 bits per heavy atom. The summed E-state index contributed by atoms with van der Waals surface area (Å²) in [6, 6.07) is 0.213. The Bertz CT molecular complexity index is 361. The maximum Gasteiger partial charge on any atom is 0.0847 e. The van der Waals surface area contributed by atoms with Crippen LogP contribution in [0.25, 0.3) is 0 Å². The number of aryl methyl sites for hydroxylation is 2. The van der Waals surface area contributed by atoms with Crippen molar-refractivity contribution in [3.05, 3.63) is 16.4 Å². The van der Waals surface area contributed by atoms with Crippen LogP contribution in [0.5, 0.6) is 0 Å². The summed E-state index contributed by atoms with van der Waals surface area (Å²) < 4.78 is 1.83. The minimum atomic E-state index is 0.213. The van der Waals surface area contributed by atoms with E-state index < -0.39 is 0 Å². The van der Waals surface area contributed by atoms with Gasteiger partial charge in [-0.05, 0) is 34.0 Å². The lowest BCUT2D eigenvalue weighted by atomic mass is 10.1. The maximum atomic E-state index is 6.22. The van der Waals surface area contributed by atoms with Crippen LogP contribution < -0.4 is 11.3 Å². The van der Waals surface area contributed by atoms with Gasteiger partial charge in [-0.25, -0.2) is 0 Å². The summed E-state index contributed by atoms with van der Waals surface area (Å²) in [6.45, 7) is 2.90. The highest BCUT2D eigenvalue weighted by Crippen LogP contribution is 2.21. The van der Waals surface area contributed by atoms with Crippen molar-refractivity contribution in [3.63, 3.8) is 0 Å². The van der Waals surface area contributed by atoms with Gasteiger partial charge < -0.3 is 4.90 Å². The van der Waals surface area contributed by atoms with Crippen LogP contribution in [0.15, 0.2) is 0 Å². The second-order valence-electron chi connectivity index (χ2n) is 4.63. The summed E-state index contributed by atoms with van der Waals surface area (Å²) in [4.78, 5) is 2.14. The summed E-state index contributed by atoms with van der Waals surface area (Å²) in [5.41, 5.74) is 4.74. The van der Waals surface area contributed by atoms with Crippen molar-refractivity contribution in [2.45, 2.75) is 25.8 Å². The van der Waals surface area contributed by atoms with E-state index in [-0.39, 0.29) is 6.04 Å². The molecule has 98 valence electrons. The van der Waals surface area contributed by atoms with Crippen molar-refractivity contribution >= 4 is 11.6 Å². The lowest BCUT2D eigenvalue weighted by molar-refractivity contribution is 0.356. The molecule has 0 saturated heterocycles. The van der Waals surface area contributed by atoms with Crippen molar-refractivity contribution in [1.29, 1.82) is 0 Å². The van der Waals surface area contributed by atoms with Gasteiger partial charge in [-0.1, -0.05) is 11.6 Å². The van der Waals surface area contributed by atoms with Crippen molar-refractivity contribution in [2.24, 2.45) is 12.9 Å². The van der Waals surface area contributed by atoms with E-state index in [0.717, 1.165) is 35.8 Å². The van der Waals surface area contributed by atoms with E-state index in [1.807, 2.05) is 18.7 Å². The Labute approximate surface area is 108 Å². The zero-order valence-corrected chi connectivity index (χ0v) is 11.8. The van der Waals surface area contributed by atoms with Crippen LogP contribution in [-0.2, 0) is 13.5 Å². The number of hydrazine groups is 1. The first-order chi connectivity index (χ1) is 7.95. The van der Waals surface area contributed by atoms with E-state index in [0.29, 0.717) is 0 Å². The highest BCUT2D eigenvalue weighted by atomic mass is 35.5. The molecular weight excluding hydrogens is 238 g/mol. The number of aromatic nitrogens is 2. The maximum absolute atomic E-state index is 6.22. The van der Waals surface area contributed by atoms with Gasteiger partial charge in [0.15, 0.2) is 0 Å². The van der Waals surface area contributed by atoms with Crippen LogP contribution >= 0.6 is 11.6 Å². The molecule has 0 aliphatic carbocycles. The molecule has 0 saturated carbocycles. The quantitative estimate of drug-likeness (QED) is 0.584. The van der Waals surface area contributed by atoms with Crippen LogP contribution in [0.2, 0.25) is 5.02 Å². The van der Waals surface area contributed by atoms with Crippen LogP contribution in [0.1, 0.15) is 17.8 Å². The minimum absolute atomic E-state index is 0.213. The van der Waals surface area contributed by atoms with Crippen LogP contribution in [0, 0.1) is 6.92 Å². The number of nitrogens with zero attached hydrogens (tertiary/aromatic N) is 3. The topological polar surface area (TPSA) is 59.1 Å². The Kier molecular flexibility index (Phi) is 5.39. The van der Waals surface area contributed by atoms with Crippen LogP contribution in [-0.4, -0.2) is 41.4 Å². The average Bonchev–Trinajstić information content (AvgIpc) is 2.49. The molecule has 0 spiro atoms. The predicted molar refractivity (Wildman–Crippen MR) is 70.9 cm³/mol. The van der Waals surface area contributed by atoms with Gasteiger partial charge in [-0.3, -0.25) is 16.0 Å². The summed E-state index contributed by atoms with van der Waals surface area (Å²) in [5.74, 6) is 5.57. The van der Waals surface area contributed by atoms with E-state index >= 15 is 0 Å². The van der Waals surface area contributed by atoms with E-state index in [1.54, 1.807) is 0 Å². The number of hydrogen-bond acceptors (Lipinski definition) is 4. The van der Waals surface area contributed by atoms with Gasteiger partial charge >= 0.3 is 0 Å². The molecule has 0 aliphatic rings. The van der Waals surface area contributed by atoms with Crippen molar-refractivity contribution < 1.29 is 0 Å². The monoisotopic (exact) mass is 259 g/mol. The number of nitrogens with one attached hydrogen (secondary N) is 1. The number of halogens is 1. The molecule has 0 fully saturated rings. The normalized spacial score (nSPS) is 13.4. The molecule has 0 aromatic carbocycles. The molecule has 3 N–H and O–H groups in total. The molecule has 1 rings (SSSR count). The molecular formula is C11H22ClN5. The van der Waals surface area contributed by atoms with Gasteiger partial charge in [0.2, 0.25) is 0 Å². The highest BCUT2D eigenvalue weighted by molar-refractivity contribution is 6.31. The second kappa shape index (κ2) is 6.35. The number of hydrogen-bond donors (Lipinski definition) is 2. The average molecular weight is 260 g/mol. The van der Waals surface area contributed by atoms with E-state index in [2.05, 4.69) is 29.5 Å². The zero-order valence-electron chi connectivity index (χ0n) is 11.0. The van der Waals surface area contributed by atoms with Crippen LogP contribution in [0.3, 0.4) is 0 Å². The Balaban J connectivity index is 2.67. The fraction of sp³-hybridized carbons (Fsp3) is 0.727. The largest absolute Gasteiger partial charge is 0.309 e. The summed E-state index contributed by atoms with van der Waals surface area (Å²) in [6.07, 6.45) is 1.77. The molecule has 5 nitrogen and oxygen atoms in total. The van der Waals surface area contributed by atoms with Gasteiger partial charge in [0.1, 0.15) is 0 Å². The standard InChI is InChI=1S/C11H22ClN5/c1-8-11(12)10(17(4)15-8)7-9(14-13)5-6-16(2)3/h9,14H,5-7,13H2,1-4H3. The lowest BCUT2D eigenvalue weighted by Crippen LogP contribution is -2.39. The minimum Gasteiger partial charge on any atom is -0.309 e. The first kappa shape index (κ1) is 14.4. The lowest BCUT2D eigenvalue weighted by Gasteiger charge is -2.18. The first-order valence-corrected chi connectivity index (χ1v) is 6.12. The first-order valence-electron chi connectivity index (χ1n) is 5.74. The zero-order chi connectivity index (χ0) is 13.0. The molecule has 0 radical (unpaired) electrons. The second-order valence-corrected chi connectivity index (χ2v) is 5.01. The molecule has 6 heteroatoms. The molecule has 1 aromatic heterocycles. The smallest absolute Gasteiger partial charge is 0.0847 e. The Hall–Kier alpha value is -0.620. The van der Waals surface area contributed by atoms with Crippen molar-refractivity contribution in [1.82, 2.24) is 20.1 Å². The number of nitrogens with two attached hydrogens (primary N) is 1. The molecule has 0 bridgehead atoms.